The summed E-state index contributed by atoms with van der Waals surface area (Å²) in [4.78, 5) is 22.0. The molecule has 0 rings (SSSR count). The third kappa shape index (κ3) is 6.51. The first-order valence-electron chi connectivity index (χ1n) is 4.62. The van der Waals surface area contributed by atoms with E-state index in [0.717, 1.165) is 5.32 Å². The minimum atomic E-state index is -1.19. The second-order valence-corrected chi connectivity index (χ2v) is 6.99. The van der Waals surface area contributed by atoms with Crippen molar-refractivity contribution in [2.45, 2.75) is 40.9 Å². The second kappa shape index (κ2) is 9.02. The molecule has 0 amide bonds. The van der Waals surface area contributed by atoms with Gasteiger partial charge in [-0.25, -0.2) is 0 Å². The summed E-state index contributed by atoms with van der Waals surface area (Å²) in [6, 6.07) is 0. The van der Waals surface area contributed by atoms with Crippen LogP contribution in [0.3, 0.4) is 0 Å². The Labute approximate surface area is 107 Å². The molecule has 0 aromatic carbocycles. The Morgan fingerprint density at radius 1 is 1.31 bits per heavy atom. The Hall–Kier alpha value is -0.0610. The summed E-state index contributed by atoms with van der Waals surface area (Å²) in [5.41, 5.74) is 0. The van der Waals surface area contributed by atoms with Gasteiger partial charge < -0.3 is 0 Å². The van der Waals surface area contributed by atoms with Crippen LogP contribution in [0.25, 0.3) is 0 Å². The third-order valence-corrected chi connectivity index (χ3v) is 4.40. The predicted molar refractivity (Wildman–Crippen MR) is 61.0 cm³/mol. The Bertz CT molecular complexity index is 234. The molecule has 0 bridgehead atoms. The Morgan fingerprint density at radius 3 is 2.38 bits per heavy atom. The minimum absolute atomic E-state index is 0.112. The van der Waals surface area contributed by atoms with Crippen molar-refractivity contribution < 1.29 is 24.5 Å². The number of carboxylic acids is 1. The molecule has 0 radical (unpaired) electrons. The molecule has 5 nitrogen and oxygen atoms in total. The molecule has 0 aliphatic carbocycles. The van der Waals surface area contributed by atoms with Gasteiger partial charge in [0, 0.05) is 0 Å². The molecule has 0 heterocycles. The van der Waals surface area contributed by atoms with Crippen LogP contribution >= 0.6 is 0 Å². The molecule has 0 fully saturated rings. The summed E-state index contributed by atoms with van der Waals surface area (Å²) >= 11 is 0.501. The predicted octanol–water partition coefficient (Wildman–Crippen LogP) is 0.0750. The van der Waals surface area contributed by atoms with Gasteiger partial charge in [0.15, 0.2) is 0 Å². The number of carboxylic acid groups (broad SMARTS) is 1. The average Bonchev–Trinajstić information content (AvgIpc) is 2.24. The number of hydrogen-bond acceptors (Lipinski definition) is 4. The quantitative estimate of drug-likeness (QED) is 0.472. The number of carbonyl (C=O) groups excluding carboxylic acids is 1. The van der Waals surface area contributed by atoms with Crippen molar-refractivity contribution in [3.8, 4) is 0 Å². The number of esters is 1. The average molecular weight is 362 g/mol. The molecule has 7 heteroatoms. The maximum atomic E-state index is 11.3. The van der Waals surface area contributed by atoms with Crippen molar-refractivity contribution in [2.75, 3.05) is 0 Å². The summed E-state index contributed by atoms with van der Waals surface area (Å²) in [7, 11) is 0. The molecule has 2 N–H and O–H groups in total. The van der Waals surface area contributed by atoms with Gasteiger partial charge in [0.05, 0.1) is 0 Å². The molecule has 2 atom stereocenters. The van der Waals surface area contributed by atoms with E-state index in [1.807, 2.05) is 11.6 Å². The fourth-order valence-corrected chi connectivity index (χ4v) is 2.91. The maximum absolute atomic E-state index is 11.3. The number of hydrogen-bond donors (Lipinski definition) is 2. The first kappa shape index (κ1) is 15.9. The SMILES string of the molecule is C[Se]CCC(O)C(=O)OC(C[Se]C)C(=O)O. The van der Waals surface area contributed by atoms with Gasteiger partial charge in [-0.05, 0) is 0 Å². The van der Waals surface area contributed by atoms with Crippen molar-refractivity contribution in [3.63, 3.8) is 0 Å². The number of carbonyl (C=O) groups is 2. The van der Waals surface area contributed by atoms with Crippen LogP contribution in [-0.2, 0) is 14.3 Å². The molecule has 0 aromatic heterocycles. The molecule has 16 heavy (non-hydrogen) atoms. The first-order chi connectivity index (χ1) is 7.52. The molecule has 0 saturated carbocycles. The van der Waals surface area contributed by atoms with Crippen LogP contribution in [-0.4, -0.2) is 64.3 Å². The van der Waals surface area contributed by atoms with Gasteiger partial charge in [-0.1, -0.05) is 0 Å². The van der Waals surface area contributed by atoms with E-state index >= 15 is 0 Å². The first-order valence-corrected chi connectivity index (χ1v) is 10.5. The van der Waals surface area contributed by atoms with Crippen LogP contribution in [0.15, 0.2) is 0 Å². The zero-order chi connectivity index (χ0) is 12.6. The topological polar surface area (TPSA) is 83.8 Å². The fraction of sp³-hybridized carbons (Fsp3) is 0.778. The van der Waals surface area contributed by atoms with E-state index in [-0.39, 0.29) is 15.0 Å². The normalized spacial score (nSPS) is 14.2. The van der Waals surface area contributed by atoms with Crippen LogP contribution in [0.1, 0.15) is 6.42 Å². The zero-order valence-electron chi connectivity index (χ0n) is 9.21. The van der Waals surface area contributed by atoms with Crippen molar-refractivity contribution in [3.05, 3.63) is 0 Å². The van der Waals surface area contributed by atoms with E-state index in [4.69, 9.17) is 9.84 Å². The van der Waals surface area contributed by atoms with Crippen molar-refractivity contribution in [2.24, 2.45) is 0 Å². The summed E-state index contributed by atoms with van der Waals surface area (Å²) in [5.74, 6) is 1.90. The van der Waals surface area contributed by atoms with Crippen LogP contribution < -0.4 is 0 Å². The van der Waals surface area contributed by atoms with Crippen LogP contribution in [0.5, 0.6) is 0 Å². The summed E-state index contributed by atoms with van der Waals surface area (Å²) in [5, 5.41) is 19.3. The van der Waals surface area contributed by atoms with E-state index in [9.17, 15) is 14.7 Å². The van der Waals surface area contributed by atoms with Crippen LogP contribution in [0.2, 0.25) is 22.3 Å². The number of aliphatic hydroxyl groups is 1. The molecular formula is C9H16O5Se2. The molecule has 94 valence electrons. The number of aliphatic hydroxyl groups excluding tert-OH is 1. The van der Waals surface area contributed by atoms with Crippen molar-refractivity contribution >= 4 is 41.9 Å². The molecular weight excluding hydrogens is 346 g/mol. The molecule has 2 unspecified atom stereocenters. The van der Waals surface area contributed by atoms with Crippen LogP contribution in [0.4, 0.5) is 0 Å². The fourth-order valence-electron chi connectivity index (χ4n) is 0.873. The van der Waals surface area contributed by atoms with Crippen molar-refractivity contribution in [1.29, 1.82) is 0 Å². The molecule has 0 spiro atoms. The Balaban J connectivity index is 4.12. The molecule has 0 aliphatic rings. The standard InChI is InChI=1S/C9H16O5Se2/c1-15-4-3-6(10)9(13)14-7(5-16-2)8(11)12/h6-7,10H,3-5H2,1-2H3,(H,11,12). The Morgan fingerprint density at radius 2 is 1.94 bits per heavy atom. The van der Waals surface area contributed by atoms with Gasteiger partial charge in [-0.3, -0.25) is 0 Å². The number of aliphatic carboxylic acids is 1. The molecule has 0 aromatic rings. The molecule has 0 saturated heterocycles. The van der Waals surface area contributed by atoms with Crippen LogP contribution in [0, 0.1) is 0 Å². The molecule has 0 aliphatic heterocycles. The van der Waals surface area contributed by atoms with E-state index in [1.165, 1.54) is 0 Å². The van der Waals surface area contributed by atoms with Gasteiger partial charge >= 0.3 is 107 Å². The van der Waals surface area contributed by atoms with E-state index in [2.05, 4.69) is 0 Å². The Kier molecular flexibility index (Phi) is 8.99. The van der Waals surface area contributed by atoms with E-state index in [1.54, 1.807) is 0 Å². The summed E-state index contributed by atoms with van der Waals surface area (Å²) in [6.45, 7) is 0. The number of rotatable bonds is 8. The number of ether oxygens (including phenoxy) is 1. The van der Waals surface area contributed by atoms with Gasteiger partial charge in [0.1, 0.15) is 0 Å². The van der Waals surface area contributed by atoms with E-state index in [0.29, 0.717) is 26.7 Å². The van der Waals surface area contributed by atoms with E-state index < -0.39 is 24.1 Å². The van der Waals surface area contributed by atoms with Gasteiger partial charge in [-0.2, -0.15) is 0 Å². The zero-order valence-corrected chi connectivity index (χ0v) is 12.6. The third-order valence-electron chi connectivity index (χ3n) is 1.72. The van der Waals surface area contributed by atoms with Gasteiger partial charge in [0.25, 0.3) is 0 Å². The second-order valence-electron chi connectivity index (χ2n) is 3.02. The van der Waals surface area contributed by atoms with Crippen molar-refractivity contribution in [1.82, 2.24) is 0 Å². The summed E-state index contributed by atoms with van der Waals surface area (Å²) in [6.07, 6.45) is -1.95. The monoisotopic (exact) mass is 364 g/mol. The van der Waals surface area contributed by atoms with Gasteiger partial charge in [0.2, 0.25) is 0 Å². The van der Waals surface area contributed by atoms with Gasteiger partial charge in [-0.15, -0.1) is 0 Å². The summed E-state index contributed by atoms with van der Waals surface area (Å²) < 4.78 is 4.75.